The van der Waals surface area contributed by atoms with Crippen molar-refractivity contribution in [2.24, 2.45) is 0 Å². The zero-order chi connectivity index (χ0) is 20.3. The molecule has 0 aliphatic heterocycles. The number of nitrogens with zero attached hydrogens (tertiary/aromatic N) is 2. The van der Waals surface area contributed by atoms with E-state index in [9.17, 15) is 14.4 Å². The number of benzene rings is 3. The van der Waals surface area contributed by atoms with Crippen LogP contribution in [-0.4, -0.2) is 9.55 Å². The predicted octanol–water partition coefficient (Wildman–Crippen LogP) is 3.14. The van der Waals surface area contributed by atoms with Crippen LogP contribution in [0.25, 0.3) is 0 Å². The van der Waals surface area contributed by atoms with Crippen LogP contribution >= 0.6 is 7.60 Å². The summed E-state index contributed by atoms with van der Waals surface area (Å²) in [6.45, 7) is 0. The highest BCUT2D eigenvalue weighted by Crippen LogP contribution is 2.41. The van der Waals surface area contributed by atoms with Gasteiger partial charge < -0.3 is 18.9 Å². The number of imidazole rings is 1. The molecule has 1 aromatic heterocycles. The number of aromatic nitrogens is 2. The second-order valence-corrected chi connectivity index (χ2v) is 8.39. The van der Waals surface area contributed by atoms with Crippen LogP contribution in [0, 0.1) is 0 Å². The molecular formula is C23H19N2O3P-2. The van der Waals surface area contributed by atoms with Gasteiger partial charge in [0.15, 0.2) is 0 Å². The van der Waals surface area contributed by atoms with E-state index in [2.05, 4.69) is 4.98 Å². The first kappa shape index (κ1) is 19.3. The molecule has 0 atom stereocenters. The minimum atomic E-state index is -4.72. The zero-order valence-electron chi connectivity index (χ0n) is 15.6. The molecule has 0 aliphatic carbocycles. The van der Waals surface area contributed by atoms with Gasteiger partial charge in [0.25, 0.3) is 0 Å². The molecule has 0 N–H and O–H groups in total. The van der Waals surface area contributed by atoms with Crippen LogP contribution in [0.15, 0.2) is 104 Å². The van der Waals surface area contributed by atoms with Crippen LogP contribution in [0.3, 0.4) is 0 Å². The second-order valence-electron chi connectivity index (χ2n) is 6.85. The summed E-state index contributed by atoms with van der Waals surface area (Å²) in [4.78, 5) is 26.8. The fraction of sp³-hybridized carbons (Fsp3) is 0.0870. The van der Waals surface area contributed by atoms with Crippen molar-refractivity contribution in [1.82, 2.24) is 9.55 Å². The highest BCUT2D eigenvalue weighted by molar-refractivity contribution is 7.47. The lowest BCUT2D eigenvalue weighted by molar-refractivity contribution is -0.314. The molecule has 0 aliphatic rings. The Morgan fingerprint density at radius 1 is 0.759 bits per heavy atom. The molecule has 0 radical (unpaired) electrons. The van der Waals surface area contributed by atoms with Crippen molar-refractivity contribution in [3.8, 4) is 0 Å². The van der Waals surface area contributed by atoms with Gasteiger partial charge in [0, 0.05) is 12.4 Å². The van der Waals surface area contributed by atoms with Gasteiger partial charge in [0.2, 0.25) is 0 Å². The van der Waals surface area contributed by atoms with Gasteiger partial charge in [-0.15, -0.1) is 0 Å². The maximum Gasteiger partial charge on any atom is 0.121 e. The molecule has 0 saturated heterocycles. The second kappa shape index (κ2) is 7.80. The first-order valence-corrected chi connectivity index (χ1v) is 10.9. The maximum absolute atomic E-state index is 11.3. The highest BCUT2D eigenvalue weighted by Gasteiger charge is 2.38. The van der Waals surface area contributed by atoms with E-state index < -0.39 is 19.3 Å². The Morgan fingerprint density at radius 3 is 1.55 bits per heavy atom. The molecule has 29 heavy (non-hydrogen) atoms. The molecule has 5 nitrogen and oxygen atoms in total. The van der Waals surface area contributed by atoms with Gasteiger partial charge in [-0.25, -0.2) is 4.98 Å². The molecule has 4 rings (SSSR count). The molecule has 146 valence electrons. The Bertz CT molecular complexity index is 1030. The van der Waals surface area contributed by atoms with Crippen LogP contribution in [0.2, 0.25) is 0 Å². The molecule has 0 bridgehead atoms. The highest BCUT2D eigenvalue weighted by atomic mass is 31.2. The Balaban J connectivity index is 2.02. The van der Waals surface area contributed by atoms with Crippen molar-refractivity contribution < 1.29 is 14.4 Å². The Morgan fingerprint density at radius 2 is 1.17 bits per heavy atom. The lowest BCUT2D eigenvalue weighted by atomic mass is 9.77. The maximum atomic E-state index is 11.3. The molecule has 0 saturated carbocycles. The van der Waals surface area contributed by atoms with Gasteiger partial charge >= 0.3 is 0 Å². The lowest BCUT2D eigenvalue weighted by Gasteiger charge is -2.37. The average Bonchev–Trinajstić information content (AvgIpc) is 3.18. The van der Waals surface area contributed by atoms with Crippen LogP contribution in [0.4, 0.5) is 0 Å². The summed E-state index contributed by atoms with van der Waals surface area (Å²) in [7, 11) is -4.72. The third-order valence-electron chi connectivity index (χ3n) is 4.95. The van der Waals surface area contributed by atoms with E-state index >= 15 is 0 Å². The minimum Gasteiger partial charge on any atom is -0.810 e. The van der Waals surface area contributed by atoms with Gasteiger partial charge in [-0.05, 0) is 16.7 Å². The first-order chi connectivity index (χ1) is 14.0. The Hall–Kier alpha value is -2.98. The Labute approximate surface area is 169 Å². The van der Waals surface area contributed by atoms with Gasteiger partial charge in [0.05, 0.1) is 12.0 Å². The molecular weight excluding hydrogens is 383 g/mol. The summed E-state index contributed by atoms with van der Waals surface area (Å²) in [6.07, 6.45) is 2.63. The standard InChI is InChI=1S/C23H21N2O3P/c26-29(27,28)17-22-16-25(18-24-22)23(19-10-4-1-5-11-19,20-12-6-2-7-13-20)21-14-8-3-9-15-21/h1-16,18H,17H2,(H2,26,27,28)/p-2. The first-order valence-electron chi connectivity index (χ1n) is 9.21. The van der Waals surface area contributed by atoms with Crippen molar-refractivity contribution >= 4 is 7.60 Å². The SMILES string of the molecule is O=P([O-])([O-])Cc1cn(C(c2ccccc2)(c2ccccc2)c2ccccc2)cn1. The average molecular weight is 402 g/mol. The van der Waals surface area contributed by atoms with Gasteiger partial charge in [-0.3, -0.25) is 0 Å². The zero-order valence-corrected chi connectivity index (χ0v) is 16.5. The van der Waals surface area contributed by atoms with Crippen LogP contribution in [0.5, 0.6) is 0 Å². The molecule has 0 fully saturated rings. The van der Waals surface area contributed by atoms with E-state index in [1.165, 1.54) is 0 Å². The van der Waals surface area contributed by atoms with E-state index in [0.29, 0.717) is 0 Å². The Kier molecular flexibility index (Phi) is 5.20. The topological polar surface area (TPSA) is 81.0 Å². The van der Waals surface area contributed by atoms with Crippen molar-refractivity contribution in [2.45, 2.75) is 11.7 Å². The molecule has 4 aromatic rings. The summed E-state index contributed by atoms with van der Waals surface area (Å²) in [5, 5.41) is 0. The third-order valence-corrected chi connectivity index (χ3v) is 5.66. The van der Waals surface area contributed by atoms with E-state index in [4.69, 9.17) is 0 Å². The van der Waals surface area contributed by atoms with Crippen LogP contribution in [0.1, 0.15) is 22.4 Å². The van der Waals surface area contributed by atoms with Crippen molar-refractivity contribution in [3.63, 3.8) is 0 Å². The van der Waals surface area contributed by atoms with E-state index in [1.807, 2.05) is 95.6 Å². The molecule has 6 heteroatoms. The van der Waals surface area contributed by atoms with Gasteiger partial charge in [-0.2, -0.15) is 0 Å². The third kappa shape index (κ3) is 3.81. The fourth-order valence-corrected chi connectivity index (χ4v) is 4.37. The summed E-state index contributed by atoms with van der Waals surface area (Å²) in [6, 6.07) is 29.9. The summed E-state index contributed by atoms with van der Waals surface area (Å²) in [5.74, 6) is 0. The number of rotatable bonds is 6. The molecule has 3 aromatic carbocycles. The van der Waals surface area contributed by atoms with E-state index in [-0.39, 0.29) is 5.69 Å². The molecule has 0 unspecified atom stereocenters. The van der Waals surface area contributed by atoms with Crippen molar-refractivity contribution in [3.05, 3.63) is 126 Å². The monoisotopic (exact) mass is 402 g/mol. The molecule has 0 amide bonds. The molecule has 0 spiro atoms. The number of hydrogen-bond donors (Lipinski definition) is 0. The predicted molar refractivity (Wildman–Crippen MR) is 108 cm³/mol. The minimum absolute atomic E-state index is 0.227. The van der Waals surface area contributed by atoms with Gasteiger partial charge in [0.1, 0.15) is 5.54 Å². The smallest absolute Gasteiger partial charge is 0.121 e. The summed E-state index contributed by atoms with van der Waals surface area (Å²) < 4.78 is 13.2. The van der Waals surface area contributed by atoms with Crippen molar-refractivity contribution in [1.29, 1.82) is 0 Å². The number of hydrogen-bond acceptors (Lipinski definition) is 4. The largest absolute Gasteiger partial charge is 0.810 e. The van der Waals surface area contributed by atoms with Crippen LogP contribution < -0.4 is 9.79 Å². The van der Waals surface area contributed by atoms with Crippen molar-refractivity contribution in [2.75, 3.05) is 0 Å². The van der Waals surface area contributed by atoms with Gasteiger partial charge in [-0.1, -0.05) is 98.6 Å². The van der Waals surface area contributed by atoms with E-state index in [0.717, 1.165) is 16.7 Å². The fourth-order valence-electron chi connectivity index (χ4n) is 3.81. The lowest BCUT2D eigenvalue weighted by Crippen LogP contribution is -2.36. The van der Waals surface area contributed by atoms with Crippen LogP contribution in [-0.2, 0) is 16.3 Å². The summed E-state index contributed by atoms with van der Waals surface area (Å²) >= 11 is 0. The van der Waals surface area contributed by atoms with E-state index in [1.54, 1.807) is 12.5 Å². The summed E-state index contributed by atoms with van der Waals surface area (Å²) in [5.41, 5.74) is 2.44. The molecule has 1 heterocycles. The normalized spacial score (nSPS) is 12.1. The quantitative estimate of drug-likeness (QED) is 0.367.